The number of hydrogen-bond acceptors (Lipinski definition) is 7. The number of methoxy groups -OCH3 is 2. The lowest BCUT2D eigenvalue weighted by molar-refractivity contribution is -0.137. The van der Waals surface area contributed by atoms with Crippen molar-refractivity contribution in [3.8, 4) is 5.75 Å². The molecule has 1 aromatic rings. The molecule has 9 heteroatoms. The van der Waals surface area contributed by atoms with Crippen LogP contribution >= 0.6 is 0 Å². The molecule has 0 amide bonds. The fourth-order valence-corrected chi connectivity index (χ4v) is 2.70. The Morgan fingerprint density at radius 1 is 1.13 bits per heavy atom. The fourth-order valence-electron chi connectivity index (χ4n) is 1.88. The van der Waals surface area contributed by atoms with Gasteiger partial charge in [0.2, 0.25) is 0 Å². The minimum Gasteiger partial charge on any atom is -0.465 e. The van der Waals surface area contributed by atoms with Crippen molar-refractivity contribution in [2.45, 2.75) is 6.92 Å². The molecule has 0 spiro atoms. The van der Waals surface area contributed by atoms with Gasteiger partial charge in [-0.25, -0.2) is 9.59 Å². The predicted molar refractivity (Wildman–Crippen MR) is 80.2 cm³/mol. The Hall–Kier alpha value is -2.68. The van der Waals surface area contributed by atoms with Crippen LogP contribution < -0.4 is 4.18 Å². The number of hydrogen-bond donors (Lipinski definition) is 0. The van der Waals surface area contributed by atoms with E-state index in [2.05, 4.69) is 13.9 Å². The molecule has 0 N–H and O–H groups in total. The van der Waals surface area contributed by atoms with Gasteiger partial charge in [-0.1, -0.05) is 11.6 Å². The first kappa shape index (κ1) is 16.7. The van der Waals surface area contributed by atoms with Gasteiger partial charge in [0, 0.05) is 5.56 Å². The number of ether oxygens (including phenoxy) is 2. The number of rotatable bonds is 2. The van der Waals surface area contributed by atoms with E-state index in [4.69, 9.17) is 4.18 Å². The van der Waals surface area contributed by atoms with Gasteiger partial charge in [-0.2, -0.15) is 8.42 Å². The van der Waals surface area contributed by atoms with Crippen LogP contribution in [0.5, 0.6) is 5.75 Å². The maximum absolute atomic E-state index is 12.0. The fraction of sp³-hybridized carbons (Fsp3) is 0.214. The standard InChI is InChI=1S/C14H13NO7S/c1-8-4-5-11-9(6-8)7-10(13(16)20-2)12(14(17)21-3)15-23(18,19)22-11/h4-7H,1-3H3/b10-7+,15-12+. The molecule has 0 atom stereocenters. The Morgan fingerprint density at radius 2 is 1.78 bits per heavy atom. The Bertz CT molecular complexity index is 837. The van der Waals surface area contributed by atoms with E-state index in [1.165, 1.54) is 12.1 Å². The summed E-state index contributed by atoms with van der Waals surface area (Å²) in [5.74, 6) is -2.06. The lowest BCUT2D eigenvalue weighted by Gasteiger charge is -2.14. The molecule has 2 rings (SSSR count). The van der Waals surface area contributed by atoms with Crippen LogP contribution in [0.25, 0.3) is 6.08 Å². The zero-order valence-electron chi connectivity index (χ0n) is 12.5. The summed E-state index contributed by atoms with van der Waals surface area (Å²) in [5, 5.41) is 0. The maximum atomic E-state index is 12.0. The molecule has 0 bridgehead atoms. The van der Waals surface area contributed by atoms with Crippen LogP contribution in [0.4, 0.5) is 0 Å². The number of fused-ring (bicyclic) bond motifs is 1. The van der Waals surface area contributed by atoms with Crippen LogP contribution in [0.1, 0.15) is 11.1 Å². The first-order valence-corrected chi connectivity index (χ1v) is 7.67. The molecular formula is C14H13NO7S. The first-order chi connectivity index (χ1) is 10.8. The number of nitrogens with zero attached hydrogens (tertiary/aromatic N) is 1. The number of esters is 2. The minimum atomic E-state index is -4.51. The summed E-state index contributed by atoms with van der Waals surface area (Å²) in [7, 11) is -2.38. The molecule has 0 unspecified atom stereocenters. The molecule has 0 saturated carbocycles. The maximum Gasteiger partial charge on any atom is 0.429 e. The van der Waals surface area contributed by atoms with E-state index in [9.17, 15) is 18.0 Å². The molecular weight excluding hydrogens is 326 g/mol. The monoisotopic (exact) mass is 339 g/mol. The molecule has 0 aliphatic carbocycles. The van der Waals surface area contributed by atoms with Gasteiger partial charge in [0.05, 0.1) is 19.8 Å². The smallest absolute Gasteiger partial charge is 0.429 e. The Kier molecular flexibility index (Phi) is 4.50. The molecule has 1 aliphatic heterocycles. The van der Waals surface area contributed by atoms with Crippen molar-refractivity contribution < 1.29 is 31.7 Å². The quantitative estimate of drug-likeness (QED) is 0.733. The van der Waals surface area contributed by atoms with Gasteiger partial charge < -0.3 is 13.7 Å². The molecule has 8 nitrogen and oxygen atoms in total. The molecule has 1 aromatic carbocycles. The molecule has 0 saturated heterocycles. The van der Waals surface area contributed by atoms with Gasteiger partial charge in [0.15, 0.2) is 11.5 Å². The number of benzene rings is 1. The minimum absolute atomic E-state index is 0.0235. The van der Waals surface area contributed by atoms with Crippen molar-refractivity contribution in [2.75, 3.05) is 14.2 Å². The van der Waals surface area contributed by atoms with Crippen LogP contribution in [-0.4, -0.2) is 40.3 Å². The SMILES string of the molecule is COC(=O)C1=C/c2cc(C)ccc2OS(=O)(=O)/N=C\1C(=O)OC. The van der Waals surface area contributed by atoms with Crippen LogP contribution in [0.2, 0.25) is 0 Å². The lowest BCUT2D eigenvalue weighted by atomic mass is 10.0. The van der Waals surface area contributed by atoms with E-state index in [-0.39, 0.29) is 16.9 Å². The van der Waals surface area contributed by atoms with Gasteiger partial charge in [0.25, 0.3) is 0 Å². The third kappa shape index (κ3) is 3.57. The number of aryl methyl sites for hydroxylation is 1. The highest BCUT2D eigenvalue weighted by molar-refractivity contribution is 7.86. The van der Waals surface area contributed by atoms with Crippen molar-refractivity contribution in [2.24, 2.45) is 4.40 Å². The van der Waals surface area contributed by atoms with Crippen molar-refractivity contribution in [1.29, 1.82) is 0 Å². The second-order valence-electron chi connectivity index (χ2n) is 4.53. The lowest BCUT2D eigenvalue weighted by Crippen LogP contribution is -2.27. The van der Waals surface area contributed by atoms with Gasteiger partial charge >= 0.3 is 22.2 Å². The van der Waals surface area contributed by atoms with Crippen molar-refractivity contribution in [3.63, 3.8) is 0 Å². The highest BCUT2D eigenvalue weighted by atomic mass is 32.2. The summed E-state index contributed by atoms with van der Waals surface area (Å²) in [6, 6.07) is 4.65. The van der Waals surface area contributed by atoms with Crippen molar-refractivity contribution >= 4 is 34.0 Å². The average molecular weight is 339 g/mol. The van der Waals surface area contributed by atoms with Gasteiger partial charge in [-0.15, -0.1) is 4.40 Å². The first-order valence-electron chi connectivity index (χ1n) is 6.31. The molecule has 122 valence electrons. The molecule has 1 heterocycles. The zero-order chi connectivity index (χ0) is 17.2. The molecule has 1 aliphatic rings. The molecule has 0 fully saturated rings. The average Bonchev–Trinajstić information content (AvgIpc) is 2.50. The summed E-state index contributed by atoms with van der Waals surface area (Å²) in [6.45, 7) is 1.77. The Morgan fingerprint density at radius 3 is 2.39 bits per heavy atom. The highest BCUT2D eigenvalue weighted by Gasteiger charge is 2.30. The van der Waals surface area contributed by atoms with Gasteiger partial charge in [-0.05, 0) is 25.1 Å². The highest BCUT2D eigenvalue weighted by Crippen LogP contribution is 2.27. The second kappa shape index (κ2) is 6.21. The topological polar surface area (TPSA) is 108 Å². The zero-order valence-corrected chi connectivity index (χ0v) is 13.3. The van der Waals surface area contributed by atoms with Gasteiger partial charge in [0.1, 0.15) is 0 Å². The van der Waals surface area contributed by atoms with Crippen LogP contribution in [0.3, 0.4) is 0 Å². The summed E-state index contributed by atoms with van der Waals surface area (Å²) in [6.07, 6.45) is 1.26. The van der Waals surface area contributed by atoms with E-state index in [0.717, 1.165) is 19.8 Å². The third-order valence-electron chi connectivity index (χ3n) is 2.90. The van der Waals surface area contributed by atoms with Crippen LogP contribution in [0.15, 0.2) is 28.2 Å². The summed E-state index contributed by atoms with van der Waals surface area (Å²) in [5.41, 5.74) is 0.0113. The summed E-state index contributed by atoms with van der Waals surface area (Å²) >= 11 is 0. The summed E-state index contributed by atoms with van der Waals surface area (Å²) in [4.78, 5) is 23.8. The predicted octanol–water partition coefficient (Wildman–Crippen LogP) is 0.803. The van der Waals surface area contributed by atoms with E-state index < -0.39 is 28.0 Å². The number of carbonyl (C=O) groups excluding carboxylic acids is 2. The van der Waals surface area contributed by atoms with Crippen LogP contribution in [0, 0.1) is 6.92 Å². The normalized spacial score (nSPS) is 20.3. The second-order valence-corrected chi connectivity index (χ2v) is 5.74. The third-order valence-corrected chi connectivity index (χ3v) is 3.70. The Balaban J connectivity index is 2.80. The number of carbonyl (C=O) groups is 2. The van der Waals surface area contributed by atoms with Crippen molar-refractivity contribution in [3.05, 3.63) is 34.9 Å². The Labute approximate surface area is 132 Å². The molecule has 0 radical (unpaired) electrons. The molecule has 23 heavy (non-hydrogen) atoms. The van der Waals surface area contributed by atoms with Crippen LogP contribution in [-0.2, 0) is 29.4 Å². The van der Waals surface area contributed by atoms with E-state index in [1.54, 1.807) is 19.1 Å². The van der Waals surface area contributed by atoms with Gasteiger partial charge in [-0.3, -0.25) is 0 Å². The summed E-state index contributed by atoms with van der Waals surface area (Å²) < 4.78 is 41.1. The van der Waals surface area contributed by atoms with E-state index >= 15 is 0 Å². The van der Waals surface area contributed by atoms with E-state index in [0.29, 0.717) is 0 Å². The van der Waals surface area contributed by atoms with E-state index in [1.807, 2.05) is 0 Å². The van der Waals surface area contributed by atoms with Crippen molar-refractivity contribution in [1.82, 2.24) is 0 Å². The largest absolute Gasteiger partial charge is 0.465 e. The molecule has 0 aromatic heterocycles.